The fourth-order valence-electron chi connectivity index (χ4n) is 2.62. The summed E-state index contributed by atoms with van der Waals surface area (Å²) in [6.45, 7) is 3.91. The van der Waals surface area contributed by atoms with Crippen molar-refractivity contribution in [3.05, 3.63) is 93.9 Å². The van der Waals surface area contributed by atoms with Crippen molar-refractivity contribution in [2.75, 3.05) is 0 Å². The molecule has 1 saturated heterocycles. The molecule has 5 heteroatoms. The van der Waals surface area contributed by atoms with Gasteiger partial charge in [0.15, 0.2) is 4.32 Å². The smallest absolute Gasteiger partial charge is 0.266 e. The Labute approximate surface area is 175 Å². The van der Waals surface area contributed by atoms with Gasteiger partial charge in [-0.1, -0.05) is 84.6 Å². The van der Waals surface area contributed by atoms with Crippen molar-refractivity contribution < 1.29 is 4.79 Å². The van der Waals surface area contributed by atoms with Crippen LogP contribution in [0.25, 0.3) is 12.2 Å². The first kappa shape index (κ1) is 20.0. The summed E-state index contributed by atoms with van der Waals surface area (Å²) in [4.78, 5) is 13.2. The van der Waals surface area contributed by atoms with E-state index >= 15 is 0 Å². The predicted octanol–water partition coefficient (Wildman–Crippen LogP) is 5.92. The van der Waals surface area contributed by atoms with E-state index in [1.807, 2.05) is 92.7 Å². The lowest BCUT2D eigenvalue weighted by molar-refractivity contribution is -0.122. The van der Waals surface area contributed by atoms with Crippen LogP contribution in [-0.4, -0.2) is 21.5 Å². The van der Waals surface area contributed by atoms with Gasteiger partial charge in [0.1, 0.15) is 0 Å². The van der Waals surface area contributed by atoms with Crippen LogP contribution in [-0.2, 0) is 4.79 Å². The van der Waals surface area contributed by atoms with Gasteiger partial charge >= 0.3 is 0 Å². The number of carbonyl (C=O) groups is 1. The molecular weight excluding hydrogens is 384 g/mol. The van der Waals surface area contributed by atoms with E-state index in [0.29, 0.717) is 9.23 Å². The zero-order chi connectivity index (χ0) is 19.9. The molecule has 0 aliphatic carbocycles. The van der Waals surface area contributed by atoms with Crippen LogP contribution in [0.4, 0.5) is 0 Å². The average Bonchev–Trinajstić information content (AvgIpc) is 2.94. The molecule has 3 rings (SSSR count). The Morgan fingerprint density at radius 3 is 2.04 bits per heavy atom. The SMILES string of the molecule is CC(C=NN1C(=O)C(=CC(C)=Cc2ccccc2)SC1=S)=Cc1ccccc1. The molecule has 0 aromatic heterocycles. The van der Waals surface area contributed by atoms with Gasteiger partial charge in [0.25, 0.3) is 5.91 Å². The molecule has 1 aliphatic heterocycles. The van der Waals surface area contributed by atoms with Gasteiger partial charge in [0.2, 0.25) is 0 Å². The zero-order valence-electron chi connectivity index (χ0n) is 15.7. The van der Waals surface area contributed by atoms with Crippen LogP contribution >= 0.6 is 24.0 Å². The highest BCUT2D eigenvalue weighted by molar-refractivity contribution is 8.26. The number of carbonyl (C=O) groups excluding carboxylic acids is 1. The van der Waals surface area contributed by atoms with Crippen molar-refractivity contribution in [2.24, 2.45) is 5.10 Å². The van der Waals surface area contributed by atoms with E-state index in [1.54, 1.807) is 6.21 Å². The number of thioether (sulfide) groups is 1. The Hall–Kier alpha value is -2.76. The molecule has 1 amide bonds. The predicted molar refractivity (Wildman–Crippen MR) is 124 cm³/mol. The van der Waals surface area contributed by atoms with Gasteiger partial charge in [-0.25, -0.2) is 0 Å². The normalized spacial score (nSPS) is 17.2. The highest BCUT2D eigenvalue weighted by Crippen LogP contribution is 2.32. The summed E-state index contributed by atoms with van der Waals surface area (Å²) < 4.78 is 0.438. The fourth-order valence-corrected chi connectivity index (χ4v) is 3.84. The third-order valence-corrected chi connectivity index (χ3v) is 5.18. The molecule has 2 aromatic carbocycles. The number of benzene rings is 2. The van der Waals surface area contributed by atoms with Crippen molar-refractivity contribution >= 4 is 52.6 Å². The zero-order valence-corrected chi connectivity index (χ0v) is 17.3. The molecule has 1 heterocycles. The van der Waals surface area contributed by atoms with Crippen molar-refractivity contribution in [1.29, 1.82) is 0 Å². The van der Waals surface area contributed by atoms with E-state index < -0.39 is 0 Å². The molecule has 0 N–H and O–H groups in total. The summed E-state index contributed by atoms with van der Waals surface area (Å²) in [7, 11) is 0. The van der Waals surface area contributed by atoms with Crippen molar-refractivity contribution in [2.45, 2.75) is 13.8 Å². The number of hydrazone groups is 1. The van der Waals surface area contributed by atoms with Crippen LogP contribution in [0, 0.1) is 0 Å². The van der Waals surface area contributed by atoms with Gasteiger partial charge in [0.05, 0.1) is 11.1 Å². The number of rotatable bonds is 5. The molecule has 1 fully saturated rings. The summed E-state index contributed by atoms with van der Waals surface area (Å²) in [5.41, 5.74) is 4.09. The Morgan fingerprint density at radius 1 is 0.929 bits per heavy atom. The fraction of sp³-hybridized carbons (Fsp3) is 0.0870. The average molecular weight is 405 g/mol. The van der Waals surface area contributed by atoms with E-state index in [2.05, 4.69) is 5.10 Å². The molecule has 0 bridgehead atoms. The largest absolute Gasteiger partial charge is 0.286 e. The Kier molecular flexibility index (Phi) is 6.74. The second-order valence-corrected chi connectivity index (χ2v) is 8.01. The van der Waals surface area contributed by atoms with Crippen LogP contribution in [0.1, 0.15) is 25.0 Å². The third-order valence-electron chi connectivity index (χ3n) is 3.90. The van der Waals surface area contributed by atoms with Crippen LogP contribution in [0.2, 0.25) is 0 Å². The Bertz CT molecular complexity index is 990. The van der Waals surface area contributed by atoms with Crippen LogP contribution in [0.15, 0.2) is 87.9 Å². The molecule has 1 aliphatic rings. The lowest BCUT2D eigenvalue weighted by Gasteiger charge is -2.06. The lowest BCUT2D eigenvalue weighted by Crippen LogP contribution is -2.22. The topological polar surface area (TPSA) is 32.7 Å². The van der Waals surface area contributed by atoms with E-state index in [4.69, 9.17) is 12.2 Å². The first-order valence-corrected chi connectivity index (χ1v) is 10.0. The molecule has 140 valence electrons. The minimum Gasteiger partial charge on any atom is -0.266 e. The standard InChI is InChI=1S/C23H20N2OS2/c1-17(13-19-9-5-3-6-10-19)15-21-22(26)25(23(27)28-21)24-16-18(2)14-20-11-7-4-8-12-20/h3-16H,1-2H3. The van der Waals surface area contributed by atoms with Crippen molar-refractivity contribution in [3.63, 3.8) is 0 Å². The molecular formula is C23H20N2OS2. The number of allylic oxidation sites excluding steroid dienone is 3. The van der Waals surface area contributed by atoms with Gasteiger partial charge in [0, 0.05) is 0 Å². The number of nitrogens with zero attached hydrogens (tertiary/aromatic N) is 2. The van der Waals surface area contributed by atoms with Gasteiger partial charge in [-0.15, -0.1) is 0 Å². The van der Waals surface area contributed by atoms with Crippen LogP contribution < -0.4 is 0 Å². The van der Waals surface area contributed by atoms with Gasteiger partial charge in [-0.3, -0.25) is 4.79 Å². The molecule has 2 aromatic rings. The first-order chi connectivity index (χ1) is 13.5. The van der Waals surface area contributed by atoms with Gasteiger partial charge in [-0.2, -0.15) is 10.1 Å². The molecule has 0 spiro atoms. The van der Waals surface area contributed by atoms with E-state index in [0.717, 1.165) is 22.3 Å². The summed E-state index contributed by atoms with van der Waals surface area (Å²) in [6, 6.07) is 20.0. The minimum absolute atomic E-state index is 0.195. The number of thiocarbonyl (C=S) groups is 1. The van der Waals surface area contributed by atoms with Crippen LogP contribution in [0.3, 0.4) is 0 Å². The summed E-state index contributed by atoms with van der Waals surface area (Å²) in [6.07, 6.45) is 7.55. The van der Waals surface area contributed by atoms with Crippen molar-refractivity contribution in [3.8, 4) is 0 Å². The van der Waals surface area contributed by atoms with Crippen molar-refractivity contribution in [1.82, 2.24) is 5.01 Å². The maximum atomic E-state index is 12.7. The monoisotopic (exact) mass is 404 g/mol. The molecule has 0 radical (unpaired) electrons. The number of hydrogen-bond donors (Lipinski definition) is 0. The van der Waals surface area contributed by atoms with Gasteiger partial charge < -0.3 is 0 Å². The molecule has 28 heavy (non-hydrogen) atoms. The summed E-state index contributed by atoms with van der Waals surface area (Å²) in [5.74, 6) is -0.195. The molecule has 0 saturated carbocycles. The number of hydrogen-bond acceptors (Lipinski definition) is 4. The van der Waals surface area contributed by atoms with E-state index in [-0.39, 0.29) is 5.91 Å². The maximum absolute atomic E-state index is 12.7. The Balaban J connectivity index is 1.73. The summed E-state index contributed by atoms with van der Waals surface area (Å²) in [5, 5.41) is 5.57. The molecule has 0 unspecified atom stereocenters. The number of amides is 1. The van der Waals surface area contributed by atoms with E-state index in [1.165, 1.54) is 16.8 Å². The second kappa shape index (κ2) is 9.44. The lowest BCUT2D eigenvalue weighted by atomic mass is 10.1. The molecule has 0 atom stereocenters. The molecule has 3 nitrogen and oxygen atoms in total. The summed E-state index contributed by atoms with van der Waals surface area (Å²) >= 11 is 6.60. The maximum Gasteiger partial charge on any atom is 0.286 e. The minimum atomic E-state index is -0.195. The van der Waals surface area contributed by atoms with E-state index in [9.17, 15) is 4.79 Å². The van der Waals surface area contributed by atoms with Gasteiger partial charge in [-0.05, 0) is 54.4 Å². The quantitative estimate of drug-likeness (QED) is 0.352. The first-order valence-electron chi connectivity index (χ1n) is 8.81. The second-order valence-electron chi connectivity index (χ2n) is 6.34. The Morgan fingerprint density at radius 2 is 1.46 bits per heavy atom. The highest BCUT2D eigenvalue weighted by atomic mass is 32.2. The third kappa shape index (κ3) is 5.38. The highest BCUT2D eigenvalue weighted by Gasteiger charge is 2.31. The van der Waals surface area contributed by atoms with Crippen LogP contribution in [0.5, 0.6) is 0 Å².